The van der Waals surface area contributed by atoms with Gasteiger partial charge in [-0.05, 0) is 45.5 Å². The van der Waals surface area contributed by atoms with E-state index in [1.54, 1.807) is 0 Å². The highest BCUT2D eigenvalue weighted by atomic mass is 16.5. The van der Waals surface area contributed by atoms with Gasteiger partial charge < -0.3 is 30.9 Å². The first-order valence-corrected chi connectivity index (χ1v) is 10.3. The molecule has 0 saturated carbocycles. The number of carbonyl (C=O) groups is 3. The molecular weight excluding hydrogens is 386 g/mol. The molecule has 0 spiro atoms. The molecule has 0 aliphatic carbocycles. The van der Waals surface area contributed by atoms with Crippen molar-refractivity contribution < 1.29 is 19.1 Å². The number of ether oxygens (including phenoxy) is 1. The summed E-state index contributed by atoms with van der Waals surface area (Å²) in [6.45, 7) is 3.08. The predicted octanol–water partition coefficient (Wildman–Crippen LogP) is -0.731. The molecule has 2 atom stereocenters. The van der Waals surface area contributed by atoms with Crippen LogP contribution in [0.5, 0.6) is 5.75 Å². The third kappa shape index (κ3) is 8.38. The van der Waals surface area contributed by atoms with Gasteiger partial charge in [0, 0.05) is 19.1 Å². The van der Waals surface area contributed by atoms with Gasteiger partial charge in [-0.2, -0.15) is 0 Å². The number of likely N-dealkylation sites (N-methyl/N-ethyl adjacent to an activating group) is 1. The Kier molecular flexibility index (Phi) is 9.56. The van der Waals surface area contributed by atoms with E-state index in [1.165, 1.54) is 0 Å². The first-order chi connectivity index (χ1) is 14.3. The van der Waals surface area contributed by atoms with E-state index in [9.17, 15) is 14.4 Å². The number of para-hydroxylation sites is 1. The number of nitrogens with zero attached hydrogens (tertiary/aromatic N) is 1. The van der Waals surface area contributed by atoms with Gasteiger partial charge in [0.05, 0.1) is 13.1 Å². The molecule has 4 N–H and O–H groups in total. The minimum absolute atomic E-state index is 0.0414. The summed E-state index contributed by atoms with van der Waals surface area (Å²) in [6, 6.07) is 7.08. The molecule has 0 fully saturated rings. The summed E-state index contributed by atoms with van der Waals surface area (Å²) in [7, 11) is 3.66. The molecule has 0 bridgehead atoms. The zero-order chi connectivity index (χ0) is 21.9. The van der Waals surface area contributed by atoms with Crippen molar-refractivity contribution in [3.8, 4) is 5.75 Å². The van der Waals surface area contributed by atoms with Gasteiger partial charge in [0.1, 0.15) is 18.4 Å². The van der Waals surface area contributed by atoms with Gasteiger partial charge in [-0.15, -0.1) is 0 Å². The molecule has 30 heavy (non-hydrogen) atoms. The maximum Gasteiger partial charge on any atom is 0.243 e. The zero-order valence-electron chi connectivity index (χ0n) is 18.0. The Balaban J connectivity index is 2.08. The molecule has 2 rings (SSSR count). The summed E-state index contributed by atoms with van der Waals surface area (Å²) in [4.78, 5) is 38.6. The molecule has 166 valence electrons. The predicted molar refractivity (Wildman–Crippen MR) is 114 cm³/mol. The van der Waals surface area contributed by atoms with Crippen molar-refractivity contribution in [3.63, 3.8) is 0 Å². The highest BCUT2D eigenvalue weighted by Crippen LogP contribution is 2.19. The molecule has 1 aliphatic rings. The quantitative estimate of drug-likeness (QED) is 0.503. The third-order valence-electron chi connectivity index (χ3n) is 4.64. The maximum absolute atomic E-state index is 12.6. The van der Waals surface area contributed by atoms with Crippen LogP contribution in [-0.2, 0) is 20.8 Å². The van der Waals surface area contributed by atoms with Crippen molar-refractivity contribution in [1.29, 1.82) is 0 Å². The van der Waals surface area contributed by atoms with Crippen LogP contribution >= 0.6 is 0 Å². The Morgan fingerprint density at radius 2 is 1.83 bits per heavy atom. The Morgan fingerprint density at radius 1 is 1.07 bits per heavy atom. The fourth-order valence-electron chi connectivity index (χ4n) is 3.05. The number of aryl methyl sites for hydroxylation is 1. The van der Waals surface area contributed by atoms with Gasteiger partial charge in [0.2, 0.25) is 17.7 Å². The number of amides is 3. The van der Waals surface area contributed by atoms with Gasteiger partial charge in [-0.1, -0.05) is 18.2 Å². The van der Waals surface area contributed by atoms with Crippen LogP contribution in [0.25, 0.3) is 0 Å². The summed E-state index contributed by atoms with van der Waals surface area (Å²) in [5.74, 6) is -0.144. The van der Waals surface area contributed by atoms with E-state index in [4.69, 9.17) is 4.74 Å². The van der Waals surface area contributed by atoms with Crippen LogP contribution in [0.4, 0.5) is 0 Å². The average molecular weight is 420 g/mol. The normalized spacial score (nSPS) is 22.6. The van der Waals surface area contributed by atoms with Gasteiger partial charge >= 0.3 is 0 Å². The second-order valence-corrected chi connectivity index (χ2v) is 7.75. The van der Waals surface area contributed by atoms with Gasteiger partial charge in [0.15, 0.2) is 0 Å². The lowest BCUT2D eigenvalue weighted by atomic mass is 10.1. The summed E-state index contributed by atoms with van der Waals surface area (Å²) >= 11 is 0. The molecule has 3 amide bonds. The summed E-state index contributed by atoms with van der Waals surface area (Å²) in [5, 5.41) is 11.2. The van der Waals surface area contributed by atoms with Crippen LogP contribution < -0.4 is 26.0 Å². The second-order valence-electron chi connectivity index (χ2n) is 7.75. The third-order valence-corrected chi connectivity index (χ3v) is 4.64. The van der Waals surface area contributed by atoms with Crippen LogP contribution in [0.15, 0.2) is 24.3 Å². The van der Waals surface area contributed by atoms with Crippen LogP contribution in [-0.4, -0.2) is 81.6 Å². The highest BCUT2D eigenvalue weighted by Gasteiger charge is 2.21. The number of carbonyl (C=O) groups excluding carboxylic acids is 3. The van der Waals surface area contributed by atoms with E-state index >= 15 is 0 Å². The minimum Gasteiger partial charge on any atom is -0.492 e. The van der Waals surface area contributed by atoms with E-state index in [1.807, 2.05) is 50.2 Å². The number of rotatable bonds is 2. The van der Waals surface area contributed by atoms with Gasteiger partial charge in [-0.25, -0.2) is 0 Å². The van der Waals surface area contributed by atoms with Crippen LogP contribution in [0.2, 0.25) is 0 Å². The number of hydrogen-bond acceptors (Lipinski definition) is 6. The maximum atomic E-state index is 12.6. The lowest BCUT2D eigenvalue weighted by Gasteiger charge is -2.22. The van der Waals surface area contributed by atoms with Crippen molar-refractivity contribution in [2.45, 2.75) is 31.8 Å². The molecular formula is C21H33N5O4. The molecule has 9 heteroatoms. The molecule has 1 aromatic carbocycles. The fraction of sp³-hybridized carbons (Fsp3) is 0.571. The van der Waals surface area contributed by atoms with Crippen LogP contribution in [0, 0.1) is 0 Å². The Bertz CT molecular complexity index is 725. The number of benzene rings is 1. The fourth-order valence-corrected chi connectivity index (χ4v) is 3.05. The molecule has 1 aliphatic heterocycles. The Labute approximate surface area is 177 Å². The summed E-state index contributed by atoms with van der Waals surface area (Å²) in [5.41, 5.74) is 1.07. The molecule has 1 unspecified atom stereocenters. The highest BCUT2D eigenvalue weighted by molar-refractivity contribution is 5.90. The lowest BCUT2D eigenvalue weighted by Crippen LogP contribution is -2.54. The average Bonchev–Trinajstić information content (AvgIpc) is 2.71. The van der Waals surface area contributed by atoms with Crippen molar-refractivity contribution in [1.82, 2.24) is 26.2 Å². The molecule has 9 nitrogen and oxygen atoms in total. The summed E-state index contributed by atoms with van der Waals surface area (Å²) < 4.78 is 5.93. The molecule has 1 heterocycles. The SMILES string of the molecule is C[C@H]1COc2ccccc2CCCNC(=O)C(CN(C)C)NC(=O)CNC(=O)CN1. The van der Waals surface area contributed by atoms with Crippen LogP contribution in [0.1, 0.15) is 18.9 Å². The van der Waals surface area contributed by atoms with E-state index in [2.05, 4.69) is 21.3 Å². The first kappa shape index (κ1) is 23.6. The first-order valence-electron chi connectivity index (χ1n) is 10.3. The Hall–Kier alpha value is -2.65. The molecule has 0 radical (unpaired) electrons. The molecule has 1 aromatic rings. The topological polar surface area (TPSA) is 112 Å². The van der Waals surface area contributed by atoms with Crippen molar-refractivity contribution in [2.24, 2.45) is 0 Å². The Morgan fingerprint density at radius 3 is 2.60 bits per heavy atom. The largest absolute Gasteiger partial charge is 0.492 e. The molecule has 0 saturated heterocycles. The van der Waals surface area contributed by atoms with E-state index < -0.39 is 11.9 Å². The van der Waals surface area contributed by atoms with Crippen LogP contribution in [0.3, 0.4) is 0 Å². The van der Waals surface area contributed by atoms with Crippen molar-refractivity contribution in [2.75, 3.05) is 46.9 Å². The van der Waals surface area contributed by atoms with Gasteiger partial charge in [0.25, 0.3) is 0 Å². The zero-order valence-corrected chi connectivity index (χ0v) is 18.0. The smallest absolute Gasteiger partial charge is 0.243 e. The minimum atomic E-state index is -0.697. The van der Waals surface area contributed by atoms with E-state index in [-0.39, 0.29) is 30.9 Å². The number of fused-ring (bicyclic) bond motifs is 1. The van der Waals surface area contributed by atoms with Gasteiger partial charge in [-0.3, -0.25) is 14.4 Å². The number of nitrogens with one attached hydrogen (secondary N) is 4. The van der Waals surface area contributed by atoms with E-state index in [0.717, 1.165) is 24.2 Å². The van der Waals surface area contributed by atoms with E-state index in [0.29, 0.717) is 19.7 Å². The van der Waals surface area contributed by atoms with Crippen molar-refractivity contribution in [3.05, 3.63) is 29.8 Å². The monoisotopic (exact) mass is 419 g/mol. The lowest BCUT2D eigenvalue weighted by molar-refractivity contribution is -0.130. The molecule has 0 aromatic heterocycles. The van der Waals surface area contributed by atoms with Crippen molar-refractivity contribution >= 4 is 17.7 Å². The standard InChI is InChI=1S/C21H33N5O4/c1-15-14-30-18-9-5-4-7-16(18)8-6-10-22-21(29)17(13-26(2)3)25-20(28)12-24-19(27)11-23-15/h4-5,7,9,15,17,23H,6,8,10-14H2,1-3H3,(H,22,29)(H,24,27)(H,25,28)/t15-,17?/m0/s1. The number of hydrogen-bond donors (Lipinski definition) is 4. The summed E-state index contributed by atoms with van der Waals surface area (Å²) in [6.07, 6.45) is 1.50. The second kappa shape index (κ2) is 12.1.